The van der Waals surface area contributed by atoms with Crippen molar-refractivity contribution >= 4 is 21.6 Å². The van der Waals surface area contributed by atoms with Crippen LogP contribution in [-0.4, -0.2) is 35.6 Å². The number of sulfone groups is 1. The van der Waals surface area contributed by atoms with E-state index in [1.54, 1.807) is 4.68 Å². The van der Waals surface area contributed by atoms with Crippen LogP contribution in [0.1, 0.15) is 18.0 Å². The van der Waals surface area contributed by atoms with E-state index in [-0.39, 0.29) is 29.9 Å². The number of benzene rings is 2. The average molecular weight is 395 g/mol. The Morgan fingerprint density at radius 3 is 2.39 bits per heavy atom. The lowest BCUT2D eigenvalue weighted by atomic mass is 10.1. The van der Waals surface area contributed by atoms with Gasteiger partial charge in [0, 0.05) is 11.6 Å². The number of nitrogens with zero attached hydrogens (tertiary/aromatic N) is 2. The third kappa shape index (κ3) is 4.14. The fraction of sp³-hybridized carbons (Fsp3) is 0.238. The number of hydrogen-bond donors (Lipinski definition) is 1. The normalized spacial score (nSPS) is 18.1. The van der Waals surface area contributed by atoms with Crippen molar-refractivity contribution in [2.45, 2.75) is 18.9 Å². The second kappa shape index (κ2) is 7.59. The SMILES string of the molecule is O=C(Cc1ccccc1)Nc1cc(-c2ccccc2)nn1[C@@H]1CCS(=O)(=O)C1. The van der Waals surface area contributed by atoms with Crippen molar-refractivity contribution < 1.29 is 13.2 Å². The smallest absolute Gasteiger partial charge is 0.229 e. The van der Waals surface area contributed by atoms with Gasteiger partial charge in [0.2, 0.25) is 5.91 Å². The lowest BCUT2D eigenvalue weighted by Gasteiger charge is -2.13. The summed E-state index contributed by atoms with van der Waals surface area (Å²) in [4.78, 5) is 12.6. The number of carbonyl (C=O) groups excluding carboxylic acids is 1. The van der Waals surface area contributed by atoms with E-state index in [9.17, 15) is 13.2 Å². The van der Waals surface area contributed by atoms with Gasteiger partial charge in [0.1, 0.15) is 5.82 Å². The lowest BCUT2D eigenvalue weighted by molar-refractivity contribution is -0.115. The Hall–Kier alpha value is -2.93. The predicted octanol–water partition coefficient (Wildman–Crippen LogP) is 3.09. The van der Waals surface area contributed by atoms with E-state index >= 15 is 0 Å². The average Bonchev–Trinajstić information content (AvgIpc) is 3.26. The van der Waals surface area contributed by atoms with Gasteiger partial charge in [0.25, 0.3) is 0 Å². The van der Waals surface area contributed by atoms with Gasteiger partial charge in [0.05, 0.1) is 29.7 Å². The van der Waals surface area contributed by atoms with Gasteiger partial charge in [-0.05, 0) is 12.0 Å². The van der Waals surface area contributed by atoms with Crippen LogP contribution in [0.5, 0.6) is 0 Å². The molecule has 6 nitrogen and oxygen atoms in total. The molecule has 0 bridgehead atoms. The summed E-state index contributed by atoms with van der Waals surface area (Å²) >= 11 is 0. The summed E-state index contributed by atoms with van der Waals surface area (Å²) in [5.41, 5.74) is 2.54. The van der Waals surface area contributed by atoms with Crippen molar-refractivity contribution in [2.24, 2.45) is 0 Å². The highest BCUT2D eigenvalue weighted by Gasteiger charge is 2.31. The van der Waals surface area contributed by atoms with Gasteiger partial charge < -0.3 is 5.32 Å². The molecule has 28 heavy (non-hydrogen) atoms. The number of aromatic nitrogens is 2. The Morgan fingerprint density at radius 2 is 1.75 bits per heavy atom. The van der Waals surface area contributed by atoms with Crippen molar-refractivity contribution in [3.63, 3.8) is 0 Å². The zero-order chi connectivity index (χ0) is 19.6. The summed E-state index contributed by atoms with van der Waals surface area (Å²) in [5, 5.41) is 7.55. The summed E-state index contributed by atoms with van der Waals surface area (Å²) in [6.07, 6.45) is 0.745. The summed E-state index contributed by atoms with van der Waals surface area (Å²) in [6, 6.07) is 20.7. The van der Waals surface area contributed by atoms with Crippen LogP contribution >= 0.6 is 0 Å². The summed E-state index contributed by atoms with van der Waals surface area (Å²) < 4.78 is 25.5. The Labute approximate surface area is 164 Å². The van der Waals surface area contributed by atoms with Gasteiger partial charge >= 0.3 is 0 Å². The molecule has 1 N–H and O–H groups in total. The molecule has 1 aliphatic rings. The highest BCUT2D eigenvalue weighted by Crippen LogP contribution is 2.30. The van der Waals surface area contributed by atoms with E-state index < -0.39 is 9.84 Å². The molecule has 0 spiro atoms. The predicted molar refractivity (Wildman–Crippen MR) is 109 cm³/mol. The number of hydrogen-bond acceptors (Lipinski definition) is 4. The number of anilines is 1. The Kier molecular flexibility index (Phi) is 5.00. The monoisotopic (exact) mass is 395 g/mol. The minimum atomic E-state index is -3.07. The first kappa shape index (κ1) is 18.4. The van der Waals surface area contributed by atoms with Crippen molar-refractivity contribution in [1.82, 2.24) is 9.78 Å². The first-order valence-corrected chi connectivity index (χ1v) is 11.0. The van der Waals surface area contributed by atoms with Crippen molar-refractivity contribution in [1.29, 1.82) is 0 Å². The third-order valence-corrected chi connectivity index (χ3v) is 6.58. The van der Waals surface area contributed by atoms with Crippen LogP contribution in [0, 0.1) is 0 Å². The molecule has 0 saturated carbocycles. The highest BCUT2D eigenvalue weighted by atomic mass is 32.2. The van der Waals surface area contributed by atoms with Crippen LogP contribution in [0.3, 0.4) is 0 Å². The molecule has 1 atom stereocenters. The Morgan fingerprint density at radius 1 is 1.07 bits per heavy atom. The second-order valence-electron chi connectivity index (χ2n) is 6.99. The summed E-state index contributed by atoms with van der Waals surface area (Å²) in [5.74, 6) is 0.565. The number of rotatable bonds is 5. The van der Waals surface area contributed by atoms with Crippen molar-refractivity contribution in [3.05, 3.63) is 72.3 Å². The lowest BCUT2D eigenvalue weighted by Crippen LogP contribution is -2.20. The zero-order valence-electron chi connectivity index (χ0n) is 15.3. The zero-order valence-corrected chi connectivity index (χ0v) is 16.1. The molecular weight excluding hydrogens is 374 g/mol. The topological polar surface area (TPSA) is 81.1 Å². The van der Waals surface area contributed by atoms with Crippen LogP contribution in [0.25, 0.3) is 11.3 Å². The van der Waals surface area contributed by atoms with Crippen molar-refractivity contribution in [3.8, 4) is 11.3 Å². The largest absolute Gasteiger partial charge is 0.311 e. The van der Waals surface area contributed by atoms with E-state index in [4.69, 9.17) is 0 Å². The van der Waals surface area contributed by atoms with Gasteiger partial charge in [-0.3, -0.25) is 4.79 Å². The molecule has 2 heterocycles. The molecule has 1 fully saturated rings. The molecule has 1 amide bonds. The molecule has 0 aliphatic carbocycles. The van der Waals surface area contributed by atoms with E-state index in [0.29, 0.717) is 17.9 Å². The molecule has 0 radical (unpaired) electrons. The second-order valence-corrected chi connectivity index (χ2v) is 9.22. The minimum absolute atomic E-state index is 0.0461. The van der Waals surface area contributed by atoms with E-state index in [2.05, 4.69) is 10.4 Å². The Balaban J connectivity index is 1.62. The van der Waals surface area contributed by atoms with E-state index in [0.717, 1.165) is 11.1 Å². The molecular formula is C21H21N3O3S. The fourth-order valence-electron chi connectivity index (χ4n) is 3.45. The molecule has 1 saturated heterocycles. The van der Waals surface area contributed by atoms with Crippen LogP contribution in [0.4, 0.5) is 5.82 Å². The molecule has 0 unspecified atom stereocenters. The quantitative estimate of drug-likeness (QED) is 0.720. The number of nitrogens with one attached hydrogen (secondary N) is 1. The molecule has 2 aromatic carbocycles. The fourth-order valence-corrected chi connectivity index (χ4v) is 5.14. The molecule has 144 valence electrons. The molecule has 4 rings (SSSR count). The maximum absolute atomic E-state index is 12.6. The molecule has 7 heteroatoms. The summed E-state index contributed by atoms with van der Waals surface area (Å²) in [6.45, 7) is 0. The first-order chi connectivity index (χ1) is 13.5. The molecule has 1 aromatic heterocycles. The standard InChI is InChI=1S/C21H21N3O3S/c25-21(13-16-7-3-1-4-8-16)22-20-14-19(17-9-5-2-6-10-17)23-24(20)18-11-12-28(26,27)15-18/h1-10,14,18H,11-13,15H2,(H,22,25)/t18-/m1/s1. The minimum Gasteiger partial charge on any atom is -0.311 e. The molecule has 1 aliphatic heterocycles. The van der Waals surface area contributed by atoms with Gasteiger partial charge in [-0.25, -0.2) is 13.1 Å². The van der Waals surface area contributed by atoms with Gasteiger partial charge in [0.15, 0.2) is 9.84 Å². The number of carbonyl (C=O) groups is 1. The first-order valence-electron chi connectivity index (χ1n) is 9.19. The third-order valence-electron chi connectivity index (χ3n) is 4.83. The Bertz CT molecular complexity index is 1080. The maximum atomic E-state index is 12.6. The highest BCUT2D eigenvalue weighted by molar-refractivity contribution is 7.91. The van der Waals surface area contributed by atoms with E-state index in [1.807, 2.05) is 66.7 Å². The summed E-state index contributed by atoms with van der Waals surface area (Å²) in [7, 11) is -3.07. The van der Waals surface area contributed by atoms with Gasteiger partial charge in [-0.2, -0.15) is 5.10 Å². The van der Waals surface area contributed by atoms with Gasteiger partial charge in [-0.15, -0.1) is 0 Å². The number of amides is 1. The van der Waals surface area contributed by atoms with E-state index in [1.165, 1.54) is 0 Å². The molecule has 3 aromatic rings. The van der Waals surface area contributed by atoms with Crippen LogP contribution < -0.4 is 5.32 Å². The van der Waals surface area contributed by atoms with Crippen LogP contribution in [0.2, 0.25) is 0 Å². The van der Waals surface area contributed by atoms with Gasteiger partial charge in [-0.1, -0.05) is 60.7 Å². The van der Waals surface area contributed by atoms with Crippen LogP contribution in [-0.2, 0) is 21.1 Å². The van der Waals surface area contributed by atoms with Crippen LogP contribution in [0.15, 0.2) is 66.7 Å². The van der Waals surface area contributed by atoms with Crippen molar-refractivity contribution in [2.75, 3.05) is 16.8 Å². The maximum Gasteiger partial charge on any atom is 0.229 e.